The van der Waals surface area contributed by atoms with Gasteiger partial charge in [0.15, 0.2) is 0 Å². The summed E-state index contributed by atoms with van der Waals surface area (Å²) in [5, 5.41) is 2.70. The number of rotatable bonds is 4. The number of benzene rings is 1. The Morgan fingerprint density at radius 3 is 2.84 bits per heavy atom. The number of nitrogen functional groups attached to an aromatic ring is 1. The van der Waals surface area contributed by atoms with Crippen molar-refractivity contribution in [3.63, 3.8) is 0 Å². The molecule has 1 unspecified atom stereocenters. The van der Waals surface area contributed by atoms with Crippen molar-refractivity contribution >= 4 is 33.6 Å². The molecule has 1 aliphatic heterocycles. The van der Waals surface area contributed by atoms with Crippen molar-refractivity contribution in [3.8, 4) is 0 Å². The number of imide groups is 1. The molecule has 1 aliphatic rings. The van der Waals surface area contributed by atoms with Crippen LogP contribution in [0, 0.1) is 0 Å². The second kappa shape index (κ2) is 5.61. The van der Waals surface area contributed by atoms with Crippen LogP contribution in [-0.2, 0) is 11.3 Å². The molecule has 102 valence electrons. The molecular weight excluding hydrogens is 310 g/mol. The second-order valence-corrected chi connectivity index (χ2v) is 5.33. The summed E-state index contributed by atoms with van der Waals surface area (Å²) in [6.07, 6.45) is 1.52. The van der Waals surface area contributed by atoms with E-state index in [0.717, 1.165) is 16.5 Å². The first kappa shape index (κ1) is 13.9. The third-order valence-electron chi connectivity index (χ3n) is 3.12. The quantitative estimate of drug-likeness (QED) is 0.658. The molecule has 0 spiro atoms. The van der Waals surface area contributed by atoms with Gasteiger partial charge >= 0.3 is 6.03 Å². The third-order valence-corrected chi connectivity index (χ3v) is 4.09. The van der Waals surface area contributed by atoms with Gasteiger partial charge in [-0.05, 0) is 34.0 Å². The van der Waals surface area contributed by atoms with E-state index in [0.29, 0.717) is 12.1 Å². The molecule has 3 N–H and O–H groups in total. The van der Waals surface area contributed by atoms with E-state index in [2.05, 4.69) is 21.2 Å². The number of carbonyl (C=O) groups excluding carboxylic acids is 2. The van der Waals surface area contributed by atoms with Gasteiger partial charge in [-0.3, -0.25) is 9.69 Å². The van der Waals surface area contributed by atoms with Crippen molar-refractivity contribution in [2.45, 2.75) is 32.4 Å². The molecule has 1 aromatic carbocycles. The summed E-state index contributed by atoms with van der Waals surface area (Å²) < 4.78 is 0.731. The Morgan fingerprint density at radius 2 is 2.16 bits per heavy atom. The van der Waals surface area contributed by atoms with E-state index in [4.69, 9.17) is 5.73 Å². The van der Waals surface area contributed by atoms with Gasteiger partial charge in [-0.2, -0.15) is 0 Å². The number of hydrogen-bond acceptors (Lipinski definition) is 3. The van der Waals surface area contributed by atoms with Crippen molar-refractivity contribution in [3.05, 3.63) is 28.2 Å². The van der Waals surface area contributed by atoms with Gasteiger partial charge in [-0.15, -0.1) is 0 Å². The standard InChI is InChI=1S/C13H16BrN3O2/c1-2-4-10-12(18)17(13(19)16-10)7-8-5-3-6-9(15)11(8)14/h3,5-6,10H,2,4,7,15H2,1H3,(H,16,19). The van der Waals surface area contributed by atoms with E-state index < -0.39 is 6.04 Å². The van der Waals surface area contributed by atoms with E-state index in [-0.39, 0.29) is 18.5 Å². The summed E-state index contributed by atoms with van der Waals surface area (Å²) in [6.45, 7) is 2.22. The number of hydrogen-bond donors (Lipinski definition) is 2. The molecular formula is C13H16BrN3O2. The molecule has 3 amide bonds. The zero-order valence-electron chi connectivity index (χ0n) is 10.6. The number of nitrogens with two attached hydrogens (primary N) is 1. The fourth-order valence-electron chi connectivity index (χ4n) is 2.10. The Kier molecular flexibility index (Phi) is 4.09. The Labute approximate surface area is 120 Å². The Bertz CT molecular complexity index is 519. The minimum atomic E-state index is -0.391. The molecule has 1 saturated heterocycles. The van der Waals surface area contributed by atoms with Crippen molar-refractivity contribution in [1.82, 2.24) is 10.2 Å². The fraction of sp³-hybridized carbons (Fsp3) is 0.385. The smallest absolute Gasteiger partial charge is 0.325 e. The molecule has 1 fully saturated rings. The fourth-order valence-corrected chi connectivity index (χ4v) is 2.49. The number of urea groups is 1. The SMILES string of the molecule is CCCC1NC(=O)N(Cc2cccc(N)c2Br)C1=O. The molecule has 19 heavy (non-hydrogen) atoms. The van der Waals surface area contributed by atoms with Gasteiger partial charge in [0.05, 0.1) is 6.54 Å². The highest BCUT2D eigenvalue weighted by molar-refractivity contribution is 9.10. The topological polar surface area (TPSA) is 75.4 Å². The highest BCUT2D eigenvalue weighted by Crippen LogP contribution is 2.26. The minimum absolute atomic E-state index is 0.166. The van der Waals surface area contributed by atoms with Crippen LogP contribution in [0.25, 0.3) is 0 Å². The first-order valence-electron chi connectivity index (χ1n) is 6.19. The summed E-state index contributed by atoms with van der Waals surface area (Å²) in [5.41, 5.74) is 7.20. The molecule has 0 saturated carbocycles. The van der Waals surface area contributed by atoms with Crippen molar-refractivity contribution in [1.29, 1.82) is 0 Å². The predicted molar refractivity (Wildman–Crippen MR) is 76.3 cm³/mol. The van der Waals surface area contributed by atoms with Gasteiger partial charge in [-0.25, -0.2) is 4.79 Å². The van der Waals surface area contributed by atoms with Gasteiger partial charge < -0.3 is 11.1 Å². The van der Waals surface area contributed by atoms with Crippen LogP contribution >= 0.6 is 15.9 Å². The normalized spacial score (nSPS) is 18.8. The molecule has 0 aliphatic carbocycles. The lowest BCUT2D eigenvalue weighted by molar-refractivity contribution is -0.128. The van der Waals surface area contributed by atoms with Crippen LogP contribution in [0.1, 0.15) is 25.3 Å². The third kappa shape index (κ3) is 2.73. The van der Waals surface area contributed by atoms with Crippen LogP contribution in [0.3, 0.4) is 0 Å². The Hall–Kier alpha value is -1.56. The number of halogens is 1. The first-order chi connectivity index (χ1) is 9.04. The Balaban J connectivity index is 2.17. The minimum Gasteiger partial charge on any atom is -0.398 e. The number of carbonyl (C=O) groups is 2. The van der Waals surface area contributed by atoms with Gasteiger partial charge in [0.2, 0.25) is 0 Å². The largest absolute Gasteiger partial charge is 0.398 e. The van der Waals surface area contributed by atoms with E-state index in [1.807, 2.05) is 13.0 Å². The highest BCUT2D eigenvalue weighted by Gasteiger charge is 2.37. The van der Waals surface area contributed by atoms with Crippen LogP contribution < -0.4 is 11.1 Å². The van der Waals surface area contributed by atoms with Crippen LogP contribution in [-0.4, -0.2) is 22.9 Å². The highest BCUT2D eigenvalue weighted by atomic mass is 79.9. The number of nitrogens with one attached hydrogen (secondary N) is 1. The van der Waals surface area contributed by atoms with Crippen molar-refractivity contribution in [2.24, 2.45) is 0 Å². The average Bonchev–Trinajstić information content (AvgIpc) is 2.63. The number of amides is 3. The van der Waals surface area contributed by atoms with Gasteiger partial charge in [0.1, 0.15) is 6.04 Å². The molecule has 5 nitrogen and oxygen atoms in total. The van der Waals surface area contributed by atoms with E-state index in [1.165, 1.54) is 4.90 Å². The van der Waals surface area contributed by atoms with Crippen molar-refractivity contribution < 1.29 is 9.59 Å². The lowest BCUT2D eigenvalue weighted by Gasteiger charge is -2.15. The molecule has 1 atom stereocenters. The number of nitrogens with zero attached hydrogens (tertiary/aromatic N) is 1. The van der Waals surface area contributed by atoms with Crippen LogP contribution in [0.5, 0.6) is 0 Å². The molecule has 2 rings (SSSR count). The lowest BCUT2D eigenvalue weighted by Crippen LogP contribution is -2.31. The average molecular weight is 326 g/mol. The summed E-state index contributed by atoms with van der Waals surface area (Å²) in [4.78, 5) is 25.2. The van der Waals surface area contributed by atoms with E-state index in [9.17, 15) is 9.59 Å². The molecule has 1 heterocycles. The molecule has 0 bridgehead atoms. The molecule has 1 aromatic rings. The predicted octanol–water partition coefficient (Wildman–Crippen LogP) is 2.25. The number of anilines is 1. The molecule has 6 heteroatoms. The maximum atomic E-state index is 12.1. The summed E-state index contributed by atoms with van der Waals surface area (Å²) >= 11 is 3.38. The summed E-state index contributed by atoms with van der Waals surface area (Å²) in [7, 11) is 0. The summed E-state index contributed by atoms with van der Waals surface area (Å²) in [6, 6.07) is 4.68. The van der Waals surface area contributed by atoms with Gasteiger partial charge in [0.25, 0.3) is 5.91 Å². The van der Waals surface area contributed by atoms with Gasteiger partial charge in [0, 0.05) is 10.2 Å². The monoisotopic (exact) mass is 325 g/mol. The van der Waals surface area contributed by atoms with E-state index in [1.54, 1.807) is 12.1 Å². The van der Waals surface area contributed by atoms with Gasteiger partial charge in [-0.1, -0.05) is 25.5 Å². The second-order valence-electron chi connectivity index (χ2n) is 4.54. The molecule has 0 radical (unpaired) electrons. The van der Waals surface area contributed by atoms with Crippen molar-refractivity contribution in [2.75, 3.05) is 5.73 Å². The first-order valence-corrected chi connectivity index (χ1v) is 6.98. The van der Waals surface area contributed by atoms with Crippen LogP contribution in [0.4, 0.5) is 10.5 Å². The summed E-state index contributed by atoms with van der Waals surface area (Å²) in [5.74, 6) is -0.166. The lowest BCUT2D eigenvalue weighted by atomic mass is 10.1. The maximum Gasteiger partial charge on any atom is 0.325 e. The maximum absolute atomic E-state index is 12.1. The van der Waals surface area contributed by atoms with Crippen LogP contribution in [0.2, 0.25) is 0 Å². The van der Waals surface area contributed by atoms with Crippen LogP contribution in [0.15, 0.2) is 22.7 Å². The Morgan fingerprint density at radius 1 is 1.42 bits per heavy atom. The molecule has 0 aromatic heterocycles. The van der Waals surface area contributed by atoms with E-state index >= 15 is 0 Å². The zero-order chi connectivity index (χ0) is 14.0. The zero-order valence-corrected chi connectivity index (χ0v) is 12.2.